The Balaban J connectivity index is 2.68. The van der Waals surface area contributed by atoms with Gasteiger partial charge in [-0.1, -0.05) is 51.1 Å². The molecule has 0 saturated heterocycles. The maximum atomic E-state index is 13.8. The molecule has 2 aromatic rings. The molecule has 0 saturated carbocycles. The molecular formula is C15H19FN2. The summed E-state index contributed by atoms with van der Waals surface area (Å²) in [7, 11) is 0. The van der Waals surface area contributed by atoms with E-state index < -0.39 is 0 Å². The molecule has 0 aliphatic rings. The van der Waals surface area contributed by atoms with Crippen molar-refractivity contribution in [2.45, 2.75) is 26.8 Å². The molecule has 2 nitrogen and oxygen atoms in total. The summed E-state index contributed by atoms with van der Waals surface area (Å²) in [4.78, 5) is 0. The average Bonchev–Trinajstić information content (AvgIpc) is 2.32. The summed E-state index contributed by atoms with van der Waals surface area (Å²) in [6.45, 7) is 6.32. The standard InChI is InChI=1S/C15H19FN2/c1-15(2,3)14(18-17)12-8-9-13(16)11-7-5-4-6-10(11)12/h4-9,14,18H,17H2,1-3H3. The molecule has 1 atom stereocenters. The van der Waals surface area contributed by atoms with Crippen LogP contribution in [-0.4, -0.2) is 0 Å². The van der Waals surface area contributed by atoms with Crippen LogP contribution in [0.5, 0.6) is 0 Å². The molecule has 3 heteroatoms. The molecule has 0 radical (unpaired) electrons. The third-order valence-corrected chi connectivity index (χ3v) is 3.25. The first-order valence-corrected chi connectivity index (χ1v) is 6.08. The summed E-state index contributed by atoms with van der Waals surface area (Å²) in [6, 6.07) is 10.8. The van der Waals surface area contributed by atoms with Gasteiger partial charge in [0.25, 0.3) is 0 Å². The lowest BCUT2D eigenvalue weighted by atomic mass is 9.81. The van der Waals surface area contributed by atoms with Gasteiger partial charge >= 0.3 is 0 Å². The van der Waals surface area contributed by atoms with Crippen LogP contribution in [0.15, 0.2) is 36.4 Å². The molecule has 0 aliphatic heterocycles. The normalized spacial score (nSPS) is 13.8. The fraction of sp³-hybridized carbons (Fsp3) is 0.333. The van der Waals surface area contributed by atoms with Gasteiger partial charge in [-0.3, -0.25) is 11.3 Å². The zero-order valence-corrected chi connectivity index (χ0v) is 11.0. The third kappa shape index (κ3) is 2.24. The summed E-state index contributed by atoms with van der Waals surface area (Å²) in [5, 5.41) is 1.55. The summed E-state index contributed by atoms with van der Waals surface area (Å²) >= 11 is 0. The Labute approximate surface area is 107 Å². The highest BCUT2D eigenvalue weighted by molar-refractivity contribution is 5.86. The minimum atomic E-state index is -0.195. The molecule has 1 unspecified atom stereocenters. The predicted octanol–water partition coefficient (Wildman–Crippen LogP) is 3.53. The van der Waals surface area contributed by atoms with Crippen LogP contribution in [0, 0.1) is 11.2 Å². The van der Waals surface area contributed by atoms with Crippen LogP contribution in [0.1, 0.15) is 32.4 Å². The van der Waals surface area contributed by atoms with E-state index in [1.54, 1.807) is 6.07 Å². The van der Waals surface area contributed by atoms with Crippen molar-refractivity contribution in [3.63, 3.8) is 0 Å². The second kappa shape index (κ2) is 4.67. The van der Waals surface area contributed by atoms with Crippen molar-refractivity contribution in [3.8, 4) is 0 Å². The van der Waals surface area contributed by atoms with Crippen LogP contribution in [0.2, 0.25) is 0 Å². The molecule has 0 amide bonds. The summed E-state index contributed by atoms with van der Waals surface area (Å²) in [5.74, 6) is 5.48. The van der Waals surface area contributed by atoms with Gasteiger partial charge < -0.3 is 0 Å². The number of hydrogen-bond donors (Lipinski definition) is 2. The van der Waals surface area contributed by atoms with E-state index in [-0.39, 0.29) is 17.3 Å². The molecule has 0 bridgehead atoms. The van der Waals surface area contributed by atoms with Gasteiger partial charge in [-0.25, -0.2) is 4.39 Å². The number of fused-ring (bicyclic) bond motifs is 1. The van der Waals surface area contributed by atoms with Crippen molar-refractivity contribution in [1.29, 1.82) is 0 Å². The summed E-state index contributed by atoms with van der Waals surface area (Å²) in [6.07, 6.45) is 0. The Hall–Kier alpha value is -1.45. The Morgan fingerprint density at radius 2 is 1.67 bits per heavy atom. The Morgan fingerprint density at radius 1 is 1.06 bits per heavy atom. The minimum Gasteiger partial charge on any atom is -0.271 e. The first kappa shape index (κ1) is 13.0. The van der Waals surface area contributed by atoms with Gasteiger partial charge in [-0.05, 0) is 22.4 Å². The number of halogens is 1. The highest BCUT2D eigenvalue weighted by Gasteiger charge is 2.26. The molecule has 18 heavy (non-hydrogen) atoms. The van der Waals surface area contributed by atoms with Gasteiger partial charge in [0.2, 0.25) is 0 Å². The molecule has 96 valence electrons. The Bertz CT molecular complexity index is 558. The highest BCUT2D eigenvalue weighted by Crippen LogP contribution is 2.36. The molecule has 3 N–H and O–H groups in total. The maximum Gasteiger partial charge on any atom is 0.131 e. The van der Waals surface area contributed by atoms with E-state index in [4.69, 9.17) is 5.84 Å². The van der Waals surface area contributed by atoms with Crippen LogP contribution >= 0.6 is 0 Å². The molecule has 0 aromatic heterocycles. The fourth-order valence-electron chi connectivity index (χ4n) is 2.34. The number of nitrogens with two attached hydrogens (primary N) is 1. The third-order valence-electron chi connectivity index (χ3n) is 3.25. The monoisotopic (exact) mass is 246 g/mol. The van der Waals surface area contributed by atoms with E-state index >= 15 is 0 Å². The maximum absolute atomic E-state index is 13.8. The zero-order valence-electron chi connectivity index (χ0n) is 11.0. The van der Waals surface area contributed by atoms with E-state index in [0.29, 0.717) is 5.39 Å². The van der Waals surface area contributed by atoms with Crippen LogP contribution in [-0.2, 0) is 0 Å². The van der Waals surface area contributed by atoms with E-state index in [9.17, 15) is 4.39 Å². The van der Waals surface area contributed by atoms with Crippen LogP contribution in [0.4, 0.5) is 4.39 Å². The fourth-order valence-corrected chi connectivity index (χ4v) is 2.34. The Morgan fingerprint density at radius 3 is 2.22 bits per heavy atom. The lowest BCUT2D eigenvalue weighted by molar-refractivity contribution is 0.277. The lowest BCUT2D eigenvalue weighted by Gasteiger charge is -2.31. The quantitative estimate of drug-likeness (QED) is 0.628. The molecule has 0 heterocycles. The van der Waals surface area contributed by atoms with Crippen molar-refractivity contribution >= 4 is 10.8 Å². The first-order valence-electron chi connectivity index (χ1n) is 6.08. The number of benzene rings is 2. The van der Waals surface area contributed by atoms with E-state index in [1.807, 2.05) is 24.3 Å². The summed E-state index contributed by atoms with van der Waals surface area (Å²) in [5.41, 5.74) is 3.83. The second-order valence-electron chi connectivity index (χ2n) is 5.65. The lowest BCUT2D eigenvalue weighted by Crippen LogP contribution is -2.37. The number of nitrogens with one attached hydrogen (secondary N) is 1. The van der Waals surface area contributed by atoms with Crippen LogP contribution in [0.25, 0.3) is 10.8 Å². The largest absolute Gasteiger partial charge is 0.271 e. The second-order valence-corrected chi connectivity index (χ2v) is 5.65. The van der Waals surface area contributed by atoms with Crippen molar-refractivity contribution in [2.24, 2.45) is 11.3 Å². The zero-order chi connectivity index (χ0) is 13.3. The highest BCUT2D eigenvalue weighted by atomic mass is 19.1. The minimum absolute atomic E-state index is 0.0250. The van der Waals surface area contributed by atoms with Gasteiger partial charge in [0.15, 0.2) is 0 Å². The van der Waals surface area contributed by atoms with Gasteiger partial charge in [0, 0.05) is 5.39 Å². The van der Waals surface area contributed by atoms with Gasteiger partial charge in [-0.15, -0.1) is 0 Å². The topological polar surface area (TPSA) is 38.0 Å². The van der Waals surface area contributed by atoms with Crippen molar-refractivity contribution in [3.05, 3.63) is 47.8 Å². The first-order chi connectivity index (χ1) is 8.45. The van der Waals surface area contributed by atoms with Gasteiger partial charge in [-0.2, -0.15) is 0 Å². The molecule has 0 aliphatic carbocycles. The average molecular weight is 246 g/mol. The molecule has 2 rings (SSSR count). The van der Waals surface area contributed by atoms with Crippen molar-refractivity contribution in [1.82, 2.24) is 5.43 Å². The van der Waals surface area contributed by atoms with Crippen LogP contribution < -0.4 is 11.3 Å². The number of hydrogen-bond acceptors (Lipinski definition) is 2. The van der Waals surface area contributed by atoms with E-state index in [0.717, 1.165) is 10.9 Å². The van der Waals surface area contributed by atoms with Crippen LogP contribution in [0.3, 0.4) is 0 Å². The SMILES string of the molecule is CC(C)(C)C(NN)c1ccc(F)c2ccccc12. The predicted molar refractivity (Wildman–Crippen MR) is 73.4 cm³/mol. The number of hydrazine groups is 1. The van der Waals surface area contributed by atoms with E-state index in [2.05, 4.69) is 26.2 Å². The Kier molecular flexibility index (Phi) is 3.37. The summed E-state index contributed by atoms with van der Waals surface area (Å²) < 4.78 is 13.8. The van der Waals surface area contributed by atoms with Crippen molar-refractivity contribution in [2.75, 3.05) is 0 Å². The molecule has 0 spiro atoms. The smallest absolute Gasteiger partial charge is 0.131 e. The van der Waals surface area contributed by atoms with Gasteiger partial charge in [0.05, 0.1) is 6.04 Å². The van der Waals surface area contributed by atoms with E-state index in [1.165, 1.54) is 6.07 Å². The molecule has 0 fully saturated rings. The van der Waals surface area contributed by atoms with Crippen molar-refractivity contribution < 1.29 is 4.39 Å². The number of rotatable bonds is 2. The molecule has 2 aromatic carbocycles. The van der Waals surface area contributed by atoms with Gasteiger partial charge in [0.1, 0.15) is 5.82 Å². The molecular weight excluding hydrogens is 227 g/mol.